The van der Waals surface area contributed by atoms with Crippen LogP contribution in [-0.4, -0.2) is 23.9 Å². The molecule has 2 aromatic rings. The molecule has 2 rings (SSSR count). The minimum absolute atomic E-state index is 0.0978. The van der Waals surface area contributed by atoms with E-state index in [1.807, 2.05) is 42.2 Å². The highest BCUT2D eigenvalue weighted by Crippen LogP contribution is 2.09. The average Bonchev–Trinajstić information content (AvgIpc) is 2.50. The van der Waals surface area contributed by atoms with Crippen molar-refractivity contribution < 1.29 is 9.18 Å². The molecule has 0 radical (unpaired) electrons. The second kappa shape index (κ2) is 7.55. The lowest BCUT2D eigenvalue weighted by Crippen LogP contribution is -2.32. The molecule has 1 amide bonds. The number of likely N-dealkylation sites (N-methyl/N-ethyl adjacent to an activating group) is 1. The summed E-state index contributed by atoms with van der Waals surface area (Å²) in [5, 5.41) is 2.77. The van der Waals surface area contributed by atoms with Gasteiger partial charge in [0.2, 0.25) is 5.91 Å². The molecule has 0 heterocycles. The molecule has 4 heteroatoms. The maximum atomic E-state index is 12.8. The number of hydrogen-bond donors (Lipinski definition) is 1. The zero-order valence-corrected chi connectivity index (χ0v) is 12.1. The summed E-state index contributed by atoms with van der Waals surface area (Å²) in [6, 6.07) is 15.8. The second-order valence-corrected chi connectivity index (χ2v) is 4.84. The van der Waals surface area contributed by atoms with Crippen LogP contribution in [-0.2, 0) is 11.3 Å². The van der Waals surface area contributed by atoms with Crippen LogP contribution in [0.25, 0.3) is 0 Å². The minimum atomic E-state index is -0.313. The molecule has 0 saturated heterocycles. The highest BCUT2D eigenvalue weighted by atomic mass is 19.1. The Bertz CT molecular complexity index is 569. The molecular formula is C17H19FN2O. The molecule has 2 aromatic carbocycles. The van der Waals surface area contributed by atoms with Crippen LogP contribution >= 0.6 is 0 Å². The molecule has 0 aliphatic carbocycles. The maximum absolute atomic E-state index is 12.8. The van der Waals surface area contributed by atoms with Crippen molar-refractivity contribution in [2.75, 3.05) is 18.4 Å². The summed E-state index contributed by atoms with van der Waals surface area (Å²) in [7, 11) is 0. The first-order chi connectivity index (χ1) is 10.2. The third-order valence-electron chi connectivity index (χ3n) is 3.19. The normalized spacial score (nSPS) is 10.6. The first kappa shape index (κ1) is 15.2. The molecular weight excluding hydrogens is 267 g/mol. The SMILES string of the molecule is CCN(CC(=O)Nc1ccc(F)cc1)Cc1ccccc1. The van der Waals surface area contributed by atoms with Crippen LogP contribution in [0.2, 0.25) is 0 Å². The van der Waals surface area contributed by atoms with Crippen LogP contribution in [0.5, 0.6) is 0 Å². The Morgan fingerprint density at radius 3 is 2.38 bits per heavy atom. The van der Waals surface area contributed by atoms with Gasteiger partial charge in [-0.2, -0.15) is 0 Å². The molecule has 3 nitrogen and oxygen atoms in total. The van der Waals surface area contributed by atoms with E-state index in [1.165, 1.54) is 17.7 Å². The number of hydrogen-bond acceptors (Lipinski definition) is 2. The van der Waals surface area contributed by atoms with Crippen LogP contribution in [0.1, 0.15) is 12.5 Å². The molecule has 110 valence electrons. The molecule has 21 heavy (non-hydrogen) atoms. The largest absolute Gasteiger partial charge is 0.325 e. The number of nitrogens with one attached hydrogen (secondary N) is 1. The van der Waals surface area contributed by atoms with Crippen molar-refractivity contribution in [3.05, 3.63) is 66.0 Å². The van der Waals surface area contributed by atoms with Gasteiger partial charge in [0, 0.05) is 12.2 Å². The van der Waals surface area contributed by atoms with Crippen molar-refractivity contribution in [3.8, 4) is 0 Å². The number of nitrogens with zero attached hydrogens (tertiary/aromatic N) is 1. The molecule has 0 aliphatic heterocycles. The van der Waals surface area contributed by atoms with Gasteiger partial charge in [0.15, 0.2) is 0 Å². The summed E-state index contributed by atoms with van der Waals surface area (Å²) < 4.78 is 12.8. The Hall–Kier alpha value is -2.20. The Balaban J connectivity index is 1.89. The number of halogens is 1. The quantitative estimate of drug-likeness (QED) is 0.883. The number of benzene rings is 2. The molecule has 0 spiro atoms. The smallest absolute Gasteiger partial charge is 0.238 e. The monoisotopic (exact) mass is 286 g/mol. The van der Waals surface area contributed by atoms with Crippen LogP contribution < -0.4 is 5.32 Å². The third kappa shape index (κ3) is 5.00. The Morgan fingerprint density at radius 1 is 1.10 bits per heavy atom. The molecule has 1 N–H and O–H groups in total. The molecule has 0 aromatic heterocycles. The standard InChI is InChI=1S/C17H19FN2O/c1-2-20(12-14-6-4-3-5-7-14)13-17(21)19-16-10-8-15(18)9-11-16/h3-11H,2,12-13H2,1H3,(H,19,21). The lowest BCUT2D eigenvalue weighted by molar-refractivity contribution is -0.117. The van der Waals surface area contributed by atoms with Crippen LogP contribution in [0.3, 0.4) is 0 Å². The van der Waals surface area contributed by atoms with Crippen LogP contribution in [0.4, 0.5) is 10.1 Å². The summed E-state index contributed by atoms with van der Waals surface area (Å²) in [5.74, 6) is -0.411. The number of anilines is 1. The van der Waals surface area contributed by atoms with Crippen molar-refractivity contribution >= 4 is 11.6 Å². The highest BCUT2D eigenvalue weighted by Gasteiger charge is 2.10. The van der Waals surface area contributed by atoms with Gasteiger partial charge in [0.05, 0.1) is 6.54 Å². The Kier molecular flexibility index (Phi) is 5.46. The fourth-order valence-electron chi connectivity index (χ4n) is 2.06. The van der Waals surface area contributed by atoms with E-state index in [9.17, 15) is 9.18 Å². The first-order valence-corrected chi connectivity index (χ1v) is 6.99. The topological polar surface area (TPSA) is 32.3 Å². The molecule has 0 saturated carbocycles. The van der Waals surface area contributed by atoms with E-state index < -0.39 is 0 Å². The lowest BCUT2D eigenvalue weighted by Gasteiger charge is -2.20. The van der Waals surface area contributed by atoms with E-state index in [0.717, 1.165) is 13.1 Å². The zero-order valence-electron chi connectivity index (χ0n) is 12.1. The van der Waals surface area contributed by atoms with Gasteiger partial charge in [-0.15, -0.1) is 0 Å². The van der Waals surface area contributed by atoms with Gasteiger partial charge >= 0.3 is 0 Å². The molecule has 0 fully saturated rings. The van der Waals surface area contributed by atoms with Gasteiger partial charge in [0.1, 0.15) is 5.82 Å². The number of carbonyl (C=O) groups is 1. The summed E-state index contributed by atoms with van der Waals surface area (Å²) in [6.45, 7) is 3.84. The van der Waals surface area contributed by atoms with Crippen molar-refractivity contribution in [2.24, 2.45) is 0 Å². The van der Waals surface area contributed by atoms with Crippen molar-refractivity contribution in [3.63, 3.8) is 0 Å². The van der Waals surface area contributed by atoms with E-state index >= 15 is 0 Å². The van der Waals surface area contributed by atoms with E-state index in [4.69, 9.17) is 0 Å². The summed E-state index contributed by atoms with van der Waals surface area (Å²) >= 11 is 0. The molecule has 0 unspecified atom stereocenters. The van der Waals surface area contributed by atoms with Gasteiger partial charge < -0.3 is 5.32 Å². The fourth-order valence-corrected chi connectivity index (χ4v) is 2.06. The minimum Gasteiger partial charge on any atom is -0.325 e. The van der Waals surface area contributed by atoms with Gasteiger partial charge in [-0.25, -0.2) is 4.39 Å². The van der Waals surface area contributed by atoms with Crippen molar-refractivity contribution in [1.29, 1.82) is 0 Å². The van der Waals surface area contributed by atoms with E-state index in [1.54, 1.807) is 12.1 Å². The zero-order chi connectivity index (χ0) is 15.1. The fraction of sp³-hybridized carbons (Fsp3) is 0.235. The van der Waals surface area contributed by atoms with Gasteiger partial charge in [0.25, 0.3) is 0 Å². The predicted octanol–water partition coefficient (Wildman–Crippen LogP) is 3.29. The van der Waals surface area contributed by atoms with Crippen molar-refractivity contribution in [2.45, 2.75) is 13.5 Å². The van der Waals surface area contributed by atoms with E-state index in [0.29, 0.717) is 12.2 Å². The van der Waals surface area contributed by atoms with Gasteiger partial charge in [-0.3, -0.25) is 9.69 Å². The Labute approximate surface area is 124 Å². The summed E-state index contributed by atoms with van der Waals surface area (Å²) in [6.07, 6.45) is 0. The lowest BCUT2D eigenvalue weighted by atomic mass is 10.2. The van der Waals surface area contributed by atoms with Gasteiger partial charge in [-0.1, -0.05) is 37.3 Å². The van der Waals surface area contributed by atoms with Gasteiger partial charge in [-0.05, 0) is 36.4 Å². The van der Waals surface area contributed by atoms with E-state index in [-0.39, 0.29) is 11.7 Å². The molecule has 0 atom stereocenters. The Morgan fingerprint density at radius 2 is 1.76 bits per heavy atom. The number of rotatable bonds is 6. The predicted molar refractivity (Wildman–Crippen MR) is 82.4 cm³/mol. The summed E-state index contributed by atoms with van der Waals surface area (Å²) in [4.78, 5) is 14.1. The highest BCUT2D eigenvalue weighted by molar-refractivity contribution is 5.92. The third-order valence-corrected chi connectivity index (χ3v) is 3.19. The molecule has 0 bridgehead atoms. The summed E-state index contributed by atoms with van der Waals surface area (Å²) in [5.41, 5.74) is 1.78. The average molecular weight is 286 g/mol. The van der Waals surface area contributed by atoms with Crippen molar-refractivity contribution in [1.82, 2.24) is 4.90 Å². The first-order valence-electron chi connectivity index (χ1n) is 6.99. The van der Waals surface area contributed by atoms with Crippen LogP contribution in [0, 0.1) is 5.82 Å². The van der Waals surface area contributed by atoms with Crippen LogP contribution in [0.15, 0.2) is 54.6 Å². The molecule has 0 aliphatic rings. The number of amides is 1. The maximum Gasteiger partial charge on any atom is 0.238 e. The second-order valence-electron chi connectivity index (χ2n) is 4.84. The van der Waals surface area contributed by atoms with E-state index in [2.05, 4.69) is 5.32 Å². The number of carbonyl (C=O) groups excluding carboxylic acids is 1.